The fraction of sp³-hybridized carbons (Fsp3) is 0.324. The van der Waals surface area contributed by atoms with Crippen molar-refractivity contribution in [3.8, 4) is 17.2 Å². The van der Waals surface area contributed by atoms with E-state index in [-0.39, 0.29) is 36.2 Å². The molecule has 1 aliphatic rings. The first-order valence-electron chi connectivity index (χ1n) is 14.6. The molecule has 0 fully saturated rings. The summed E-state index contributed by atoms with van der Waals surface area (Å²) in [4.78, 5) is 40.3. The molecule has 2 unspecified atom stereocenters. The van der Waals surface area contributed by atoms with E-state index in [1.807, 2.05) is 33.8 Å². The molecule has 0 aromatic heterocycles. The summed E-state index contributed by atoms with van der Waals surface area (Å²) in [5.74, 6) is -1.26. The molecule has 1 heterocycles. The van der Waals surface area contributed by atoms with E-state index >= 15 is 0 Å². The molecule has 2 amide bonds. The molecule has 0 bridgehead atoms. The Morgan fingerprint density at radius 3 is 2.42 bits per heavy atom. The zero-order valence-corrected chi connectivity index (χ0v) is 26.9. The van der Waals surface area contributed by atoms with Gasteiger partial charge in [0.2, 0.25) is 0 Å². The molecule has 11 heteroatoms. The lowest BCUT2D eigenvalue weighted by Gasteiger charge is -2.28. The predicted molar refractivity (Wildman–Crippen MR) is 171 cm³/mol. The van der Waals surface area contributed by atoms with E-state index in [1.165, 1.54) is 6.07 Å². The van der Waals surface area contributed by atoms with E-state index in [9.17, 15) is 23.2 Å². The minimum absolute atomic E-state index is 0.121. The number of ether oxygens (including phenoxy) is 3. The number of ketones is 1. The minimum Gasteiger partial charge on any atom is -0.490 e. The Morgan fingerprint density at radius 1 is 1.07 bits per heavy atom. The number of anilines is 1. The Hall–Kier alpha value is -4.30. The molecule has 4 rings (SSSR count). The van der Waals surface area contributed by atoms with E-state index in [1.54, 1.807) is 29.2 Å². The Morgan fingerprint density at radius 2 is 1.78 bits per heavy atom. The number of amides is 2. The van der Waals surface area contributed by atoms with Crippen molar-refractivity contribution in [1.29, 1.82) is 0 Å². The maximum absolute atomic E-state index is 13.8. The third-order valence-corrected chi connectivity index (χ3v) is 7.75. The molecule has 2 atom stereocenters. The van der Waals surface area contributed by atoms with Gasteiger partial charge in [0.25, 0.3) is 5.91 Å². The summed E-state index contributed by atoms with van der Waals surface area (Å²) in [6.45, 7) is 11.6. The summed E-state index contributed by atoms with van der Waals surface area (Å²) >= 11 is 0. The number of fused-ring (bicyclic) bond motifs is 1. The Kier molecular flexibility index (Phi) is 10.9. The highest BCUT2D eigenvalue weighted by molar-refractivity contribution is 7.28. The van der Waals surface area contributed by atoms with Gasteiger partial charge in [-0.15, -0.1) is 9.24 Å². The monoisotopic (exact) mass is 638 g/mol. The lowest BCUT2D eigenvalue weighted by atomic mass is 10.0. The van der Waals surface area contributed by atoms with Crippen molar-refractivity contribution >= 4 is 38.0 Å². The predicted octanol–water partition coefficient (Wildman–Crippen LogP) is 7.45. The van der Waals surface area contributed by atoms with Crippen LogP contribution < -0.4 is 20.1 Å². The van der Waals surface area contributed by atoms with Gasteiger partial charge < -0.3 is 19.1 Å². The van der Waals surface area contributed by atoms with Crippen LogP contribution in [0.25, 0.3) is 0 Å². The van der Waals surface area contributed by atoms with Crippen LogP contribution in [0.3, 0.4) is 0 Å². The zero-order chi connectivity index (χ0) is 32.8. The summed E-state index contributed by atoms with van der Waals surface area (Å²) < 4.78 is 43.9. The Balaban J connectivity index is 1.46. The molecule has 3 aromatic rings. The zero-order valence-electron chi connectivity index (χ0n) is 25.7. The number of carbonyl (C=O) groups excluding carboxylic acids is 3. The highest BCUT2D eigenvalue weighted by atomic mass is 31.0. The largest absolute Gasteiger partial charge is 0.490 e. The van der Waals surface area contributed by atoms with E-state index in [4.69, 9.17) is 14.2 Å². The van der Waals surface area contributed by atoms with Gasteiger partial charge in [0.1, 0.15) is 29.6 Å². The van der Waals surface area contributed by atoms with Crippen LogP contribution in [-0.2, 0) is 22.7 Å². The fourth-order valence-corrected chi connectivity index (χ4v) is 5.33. The standard InChI is InChI=1S/C34H37F2N2O6P/c1-6-23(39)9-14-29(19(2)3)38-17-21-7-8-22(32(43-20(4)5)31(21)33(38)40)18-42-34(41)37-28-13-11-25(16-30(28)45)44-24-10-12-26(35)27(36)15-24/h7-8,10-13,15-16,20,29H,2,6,9,14,17-18,45H2,1,3-5H3,(H,37,41). The van der Waals surface area contributed by atoms with Gasteiger partial charge >= 0.3 is 6.09 Å². The average molecular weight is 639 g/mol. The van der Waals surface area contributed by atoms with Crippen molar-refractivity contribution in [1.82, 2.24) is 4.90 Å². The highest BCUT2D eigenvalue weighted by Crippen LogP contribution is 2.38. The second kappa shape index (κ2) is 14.7. The molecule has 0 aliphatic carbocycles. The number of hydrogen-bond acceptors (Lipinski definition) is 6. The van der Waals surface area contributed by atoms with Crippen molar-refractivity contribution in [3.63, 3.8) is 0 Å². The van der Waals surface area contributed by atoms with Crippen LogP contribution in [0.4, 0.5) is 19.3 Å². The molecule has 45 heavy (non-hydrogen) atoms. The third-order valence-electron chi connectivity index (χ3n) is 7.28. The normalized spacial score (nSPS) is 13.0. The summed E-state index contributed by atoms with van der Waals surface area (Å²) in [5.41, 5.74) is 2.96. The Bertz CT molecular complexity index is 1630. The summed E-state index contributed by atoms with van der Waals surface area (Å²) in [5, 5.41) is 3.23. The van der Waals surface area contributed by atoms with Crippen LogP contribution in [0.15, 0.2) is 60.7 Å². The van der Waals surface area contributed by atoms with Gasteiger partial charge in [-0.2, -0.15) is 0 Å². The van der Waals surface area contributed by atoms with Crippen LogP contribution in [0.1, 0.15) is 68.4 Å². The van der Waals surface area contributed by atoms with Gasteiger partial charge in [0.15, 0.2) is 11.6 Å². The van der Waals surface area contributed by atoms with E-state index in [0.717, 1.165) is 23.3 Å². The number of Topliss-reactive ketones (excluding diaryl/α,β-unsaturated/α-hetero) is 1. The number of nitrogens with one attached hydrogen (secondary N) is 1. The first kappa shape index (κ1) is 33.6. The van der Waals surface area contributed by atoms with Crippen LogP contribution in [-0.4, -0.2) is 34.8 Å². The van der Waals surface area contributed by atoms with E-state index in [2.05, 4.69) is 21.1 Å². The van der Waals surface area contributed by atoms with Gasteiger partial charge in [-0.3, -0.25) is 14.9 Å². The molecule has 1 N–H and O–H groups in total. The van der Waals surface area contributed by atoms with Crippen molar-refractivity contribution < 1.29 is 37.4 Å². The molecular formula is C34H37F2N2O6P. The van der Waals surface area contributed by atoms with Gasteiger partial charge in [0.05, 0.1) is 23.4 Å². The van der Waals surface area contributed by atoms with Gasteiger partial charge in [-0.05, 0) is 68.4 Å². The SMILES string of the molecule is C=C(C)C(CCC(=O)CC)N1Cc2ccc(COC(=O)Nc3ccc(Oc4ccc(F)c(F)c4)cc3P)c(OC(C)C)c2C1=O. The number of hydrogen-bond donors (Lipinski definition) is 1. The van der Waals surface area contributed by atoms with E-state index < -0.39 is 17.7 Å². The maximum atomic E-state index is 13.8. The number of nitrogens with zero attached hydrogens (tertiary/aromatic N) is 1. The van der Waals surface area contributed by atoms with Crippen molar-refractivity contribution in [3.05, 3.63) is 89.0 Å². The maximum Gasteiger partial charge on any atom is 0.411 e. The number of benzene rings is 3. The fourth-order valence-electron chi connectivity index (χ4n) is 4.99. The lowest BCUT2D eigenvalue weighted by molar-refractivity contribution is -0.119. The lowest BCUT2D eigenvalue weighted by Crippen LogP contribution is -2.36. The molecular weight excluding hydrogens is 601 g/mol. The second-order valence-electron chi connectivity index (χ2n) is 11.1. The number of carbonyl (C=O) groups is 3. The van der Waals surface area contributed by atoms with Crippen LogP contribution in [0.2, 0.25) is 0 Å². The first-order valence-corrected chi connectivity index (χ1v) is 15.2. The number of rotatable bonds is 13. The smallest absolute Gasteiger partial charge is 0.411 e. The summed E-state index contributed by atoms with van der Waals surface area (Å²) in [6, 6.07) is 11.3. The summed E-state index contributed by atoms with van der Waals surface area (Å²) in [6.07, 6.45) is 0.308. The quantitative estimate of drug-likeness (QED) is 0.154. The van der Waals surface area contributed by atoms with Crippen molar-refractivity contribution in [2.45, 2.75) is 72.3 Å². The molecule has 3 aromatic carbocycles. The first-order chi connectivity index (χ1) is 21.4. The molecule has 0 saturated carbocycles. The molecule has 0 radical (unpaired) electrons. The van der Waals surface area contributed by atoms with Crippen LogP contribution in [0.5, 0.6) is 17.2 Å². The van der Waals surface area contributed by atoms with E-state index in [0.29, 0.717) is 59.4 Å². The van der Waals surface area contributed by atoms with Crippen molar-refractivity contribution in [2.75, 3.05) is 5.32 Å². The molecule has 8 nitrogen and oxygen atoms in total. The van der Waals surface area contributed by atoms with Crippen LogP contribution in [0, 0.1) is 11.6 Å². The molecule has 0 saturated heterocycles. The Labute approximate surface area is 263 Å². The molecule has 238 valence electrons. The minimum atomic E-state index is -1.03. The topological polar surface area (TPSA) is 94.2 Å². The van der Waals surface area contributed by atoms with Gasteiger partial charge in [-0.1, -0.05) is 31.2 Å². The highest BCUT2D eigenvalue weighted by Gasteiger charge is 2.37. The second-order valence-corrected chi connectivity index (χ2v) is 11.7. The van der Waals surface area contributed by atoms with Crippen molar-refractivity contribution in [2.24, 2.45) is 0 Å². The molecule has 0 spiro atoms. The number of halogens is 2. The van der Waals surface area contributed by atoms with Gasteiger partial charge in [0, 0.05) is 31.0 Å². The van der Waals surface area contributed by atoms with Crippen LogP contribution >= 0.6 is 9.24 Å². The average Bonchev–Trinajstić information content (AvgIpc) is 3.31. The van der Waals surface area contributed by atoms with Gasteiger partial charge in [-0.25, -0.2) is 13.6 Å². The summed E-state index contributed by atoms with van der Waals surface area (Å²) in [7, 11) is 2.47. The third kappa shape index (κ3) is 8.25. The molecule has 1 aliphatic heterocycles.